The van der Waals surface area contributed by atoms with Gasteiger partial charge in [-0.2, -0.15) is 0 Å². The monoisotopic (exact) mass is 331 g/mol. The number of carbonyl (C=O) groups excluding carboxylic acids is 1. The molecule has 0 aromatic carbocycles. The second-order valence-corrected chi connectivity index (χ2v) is 7.07. The lowest BCUT2D eigenvalue weighted by molar-refractivity contribution is 0.0898. The molecule has 18 heavy (non-hydrogen) atoms. The van der Waals surface area contributed by atoms with Crippen LogP contribution in [-0.4, -0.2) is 29.8 Å². The van der Waals surface area contributed by atoms with Crippen LogP contribution in [0.15, 0.2) is 15.9 Å². The van der Waals surface area contributed by atoms with Crippen molar-refractivity contribution >= 4 is 33.0 Å². The van der Waals surface area contributed by atoms with Gasteiger partial charge in [0.25, 0.3) is 0 Å². The van der Waals surface area contributed by atoms with E-state index in [0.717, 1.165) is 28.0 Å². The molecule has 1 unspecified atom stereocenters. The first-order valence-corrected chi connectivity index (χ1v) is 8.22. The molecule has 1 heterocycles. The summed E-state index contributed by atoms with van der Waals surface area (Å²) in [6, 6.07) is 4.33. The standard InChI is InChI=1S/C14H22BrNOS/c1-4-6-9-16(11(3)5-2)10-12(17)13-7-8-14(15)18-13/h7-8,11H,4-6,9-10H2,1-3H3. The van der Waals surface area contributed by atoms with E-state index in [1.54, 1.807) is 0 Å². The molecule has 0 saturated carbocycles. The smallest absolute Gasteiger partial charge is 0.186 e. The van der Waals surface area contributed by atoms with Gasteiger partial charge in [-0.05, 0) is 54.4 Å². The lowest BCUT2D eigenvalue weighted by Gasteiger charge is -2.27. The van der Waals surface area contributed by atoms with Crippen molar-refractivity contribution < 1.29 is 4.79 Å². The predicted octanol–water partition coefficient (Wildman–Crippen LogP) is 4.59. The van der Waals surface area contributed by atoms with Crippen LogP contribution >= 0.6 is 27.3 Å². The molecular weight excluding hydrogens is 310 g/mol. The first kappa shape index (κ1) is 15.9. The topological polar surface area (TPSA) is 20.3 Å². The maximum Gasteiger partial charge on any atom is 0.186 e. The van der Waals surface area contributed by atoms with Gasteiger partial charge in [-0.15, -0.1) is 11.3 Å². The molecule has 0 radical (unpaired) electrons. The molecule has 0 aliphatic carbocycles. The number of rotatable bonds is 8. The van der Waals surface area contributed by atoms with Crippen molar-refractivity contribution in [2.24, 2.45) is 0 Å². The number of carbonyl (C=O) groups is 1. The van der Waals surface area contributed by atoms with Crippen LogP contribution in [0.3, 0.4) is 0 Å². The second-order valence-electron chi connectivity index (χ2n) is 4.61. The summed E-state index contributed by atoms with van der Waals surface area (Å²) in [5.74, 6) is 0.238. The van der Waals surface area contributed by atoms with E-state index in [9.17, 15) is 4.79 Å². The van der Waals surface area contributed by atoms with E-state index in [4.69, 9.17) is 0 Å². The average Bonchev–Trinajstić information content (AvgIpc) is 2.80. The SMILES string of the molecule is CCCCN(CC(=O)c1ccc(Br)s1)C(C)CC. The van der Waals surface area contributed by atoms with Crippen LogP contribution in [0, 0.1) is 0 Å². The van der Waals surface area contributed by atoms with Gasteiger partial charge in [-0.25, -0.2) is 0 Å². The molecule has 0 aliphatic heterocycles. The summed E-state index contributed by atoms with van der Waals surface area (Å²) in [5.41, 5.74) is 0. The van der Waals surface area contributed by atoms with Crippen LogP contribution in [-0.2, 0) is 0 Å². The Morgan fingerprint density at radius 3 is 2.67 bits per heavy atom. The third-order valence-electron chi connectivity index (χ3n) is 3.21. The van der Waals surface area contributed by atoms with E-state index in [2.05, 4.69) is 41.6 Å². The Morgan fingerprint density at radius 1 is 1.44 bits per heavy atom. The molecule has 1 aromatic rings. The second kappa shape index (κ2) is 8.08. The Bertz CT molecular complexity index is 378. The molecule has 4 heteroatoms. The van der Waals surface area contributed by atoms with Crippen LogP contribution in [0.2, 0.25) is 0 Å². The van der Waals surface area contributed by atoms with Crippen LogP contribution in [0.25, 0.3) is 0 Å². The van der Waals surface area contributed by atoms with Gasteiger partial charge in [-0.1, -0.05) is 20.3 Å². The van der Waals surface area contributed by atoms with Gasteiger partial charge in [0.15, 0.2) is 5.78 Å². The van der Waals surface area contributed by atoms with Crippen molar-refractivity contribution in [3.8, 4) is 0 Å². The van der Waals surface area contributed by atoms with Gasteiger partial charge in [0.2, 0.25) is 0 Å². The Morgan fingerprint density at radius 2 is 2.17 bits per heavy atom. The molecule has 0 bridgehead atoms. The fourth-order valence-electron chi connectivity index (χ4n) is 1.80. The van der Waals surface area contributed by atoms with E-state index in [-0.39, 0.29) is 5.78 Å². The summed E-state index contributed by atoms with van der Waals surface area (Å²) >= 11 is 4.93. The molecule has 1 rings (SSSR count). The lowest BCUT2D eigenvalue weighted by Crippen LogP contribution is -2.37. The highest BCUT2D eigenvalue weighted by Crippen LogP contribution is 2.23. The Balaban J connectivity index is 2.61. The number of nitrogens with zero attached hydrogens (tertiary/aromatic N) is 1. The number of hydrogen-bond acceptors (Lipinski definition) is 3. The number of thiophene rings is 1. The molecule has 102 valence electrons. The summed E-state index contributed by atoms with van der Waals surface area (Å²) in [7, 11) is 0. The molecule has 0 amide bonds. The van der Waals surface area contributed by atoms with Gasteiger partial charge < -0.3 is 0 Å². The first-order chi connectivity index (χ1) is 8.58. The Labute approximate surface area is 123 Å². The molecule has 0 fully saturated rings. The highest BCUT2D eigenvalue weighted by Gasteiger charge is 2.17. The van der Waals surface area contributed by atoms with E-state index in [1.165, 1.54) is 17.8 Å². The van der Waals surface area contributed by atoms with Gasteiger partial charge >= 0.3 is 0 Å². The van der Waals surface area contributed by atoms with Crippen LogP contribution in [0.1, 0.15) is 49.7 Å². The van der Waals surface area contributed by atoms with Crippen molar-refractivity contribution in [3.05, 3.63) is 20.8 Å². The Kier molecular flexibility index (Phi) is 7.12. The number of hydrogen-bond donors (Lipinski definition) is 0. The van der Waals surface area contributed by atoms with E-state index in [1.807, 2.05) is 12.1 Å². The summed E-state index contributed by atoms with van der Waals surface area (Å²) < 4.78 is 1.02. The largest absolute Gasteiger partial charge is 0.293 e. The highest BCUT2D eigenvalue weighted by molar-refractivity contribution is 9.11. The minimum Gasteiger partial charge on any atom is -0.293 e. The number of unbranched alkanes of at least 4 members (excludes halogenated alkanes) is 1. The summed E-state index contributed by atoms with van der Waals surface area (Å²) in [6.07, 6.45) is 3.42. The van der Waals surface area contributed by atoms with Crippen LogP contribution in [0.5, 0.6) is 0 Å². The zero-order valence-electron chi connectivity index (χ0n) is 11.4. The van der Waals surface area contributed by atoms with Crippen molar-refractivity contribution in [3.63, 3.8) is 0 Å². The zero-order chi connectivity index (χ0) is 13.5. The van der Waals surface area contributed by atoms with Crippen LogP contribution < -0.4 is 0 Å². The van der Waals surface area contributed by atoms with Crippen molar-refractivity contribution in [1.82, 2.24) is 4.90 Å². The Hall–Kier alpha value is -0.190. The third-order valence-corrected chi connectivity index (χ3v) is 4.87. The number of halogens is 1. The predicted molar refractivity (Wildman–Crippen MR) is 82.6 cm³/mol. The summed E-state index contributed by atoms with van der Waals surface area (Å²) in [6.45, 7) is 8.13. The third kappa shape index (κ3) is 4.82. The van der Waals surface area contributed by atoms with Crippen molar-refractivity contribution in [2.75, 3.05) is 13.1 Å². The average molecular weight is 332 g/mol. The molecule has 1 atom stereocenters. The van der Waals surface area contributed by atoms with Crippen molar-refractivity contribution in [1.29, 1.82) is 0 Å². The van der Waals surface area contributed by atoms with Gasteiger partial charge in [-0.3, -0.25) is 9.69 Å². The van der Waals surface area contributed by atoms with Gasteiger partial charge in [0, 0.05) is 6.04 Å². The fourth-order valence-corrected chi connectivity index (χ4v) is 3.12. The molecule has 0 saturated heterocycles. The molecule has 2 nitrogen and oxygen atoms in total. The first-order valence-electron chi connectivity index (χ1n) is 6.61. The normalized spacial score (nSPS) is 12.9. The number of ketones is 1. The van der Waals surface area contributed by atoms with E-state index in [0.29, 0.717) is 12.6 Å². The number of Topliss-reactive ketones (excluding diaryl/α,β-unsaturated/α-hetero) is 1. The molecule has 0 N–H and O–H groups in total. The molecule has 1 aromatic heterocycles. The van der Waals surface area contributed by atoms with Gasteiger partial charge in [0.05, 0.1) is 15.2 Å². The minimum absolute atomic E-state index is 0.238. The molecule has 0 aliphatic rings. The molecular formula is C14H22BrNOS. The maximum atomic E-state index is 12.2. The minimum atomic E-state index is 0.238. The van der Waals surface area contributed by atoms with E-state index < -0.39 is 0 Å². The molecule has 0 spiro atoms. The fraction of sp³-hybridized carbons (Fsp3) is 0.643. The van der Waals surface area contributed by atoms with E-state index >= 15 is 0 Å². The lowest BCUT2D eigenvalue weighted by atomic mass is 10.1. The van der Waals surface area contributed by atoms with Crippen LogP contribution in [0.4, 0.5) is 0 Å². The maximum absolute atomic E-state index is 12.2. The van der Waals surface area contributed by atoms with Crippen molar-refractivity contribution in [2.45, 2.75) is 46.1 Å². The summed E-state index contributed by atoms with van der Waals surface area (Å²) in [4.78, 5) is 15.4. The quantitative estimate of drug-likeness (QED) is 0.649. The summed E-state index contributed by atoms with van der Waals surface area (Å²) in [5, 5.41) is 0. The zero-order valence-corrected chi connectivity index (χ0v) is 13.8. The highest BCUT2D eigenvalue weighted by atomic mass is 79.9. The van der Waals surface area contributed by atoms with Gasteiger partial charge in [0.1, 0.15) is 0 Å².